The van der Waals surface area contributed by atoms with Crippen molar-refractivity contribution in [2.24, 2.45) is 0 Å². The van der Waals surface area contributed by atoms with Gasteiger partial charge in [-0.15, -0.1) is 0 Å². The van der Waals surface area contributed by atoms with Gasteiger partial charge in [0.2, 0.25) is 5.78 Å². The van der Waals surface area contributed by atoms with Crippen molar-refractivity contribution in [1.29, 1.82) is 0 Å². The third kappa shape index (κ3) is 8.52. The molecule has 2 aromatic carbocycles. The van der Waals surface area contributed by atoms with Crippen LogP contribution in [0, 0.1) is 0 Å². The van der Waals surface area contributed by atoms with Gasteiger partial charge in [0.1, 0.15) is 11.2 Å². The highest BCUT2D eigenvalue weighted by atomic mass is 16.6. The summed E-state index contributed by atoms with van der Waals surface area (Å²) in [4.78, 5) is 50.7. The Hall–Kier alpha value is -4.47. The van der Waals surface area contributed by atoms with Gasteiger partial charge in [0, 0.05) is 38.3 Å². The summed E-state index contributed by atoms with van der Waals surface area (Å²) in [5.74, 6) is -0.201. The number of anilines is 2. The molecule has 222 valence electrons. The lowest BCUT2D eigenvalue weighted by Gasteiger charge is -2.36. The van der Waals surface area contributed by atoms with Gasteiger partial charge < -0.3 is 19.3 Å². The van der Waals surface area contributed by atoms with Crippen molar-refractivity contribution in [3.8, 4) is 11.1 Å². The Kier molecular flexibility index (Phi) is 9.14. The van der Waals surface area contributed by atoms with Crippen LogP contribution in [0.15, 0.2) is 60.9 Å². The average molecular weight is 574 g/mol. The van der Waals surface area contributed by atoms with E-state index >= 15 is 0 Å². The second-order valence-electron chi connectivity index (χ2n) is 12.2. The number of carbonyl (C=O) groups is 3. The van der Waals surface area contributed by atoms with Crippen LogP contribution in [0.2, 0.25) is 0 Å². The van der Waals surface area contributed by atoms with Gasteiger partial charge in [-0.25, -0.2) is 19.6 Å². The standard InChI is InChI=1S/C32H39N5O5/c1-31(2,3)41-29(39)35-26-13-12-23(22-10-8-7-9-11-22)18-24(26)19-27(38)28-33-20-25(21-34-28)36-14-16-37(17-15-36)30(40)42-32(4,5)6/h7-13,18,20-21H,14-17,19H2,1-6H3,(H,35,39). The first kappa shape index (κ1) is 30.5. The van der Waals surface area contributed by atoms with Crippen molar-refractivity contribution in [3.05, 3.63) is 72.3 Å². The second kappa shape index (κ2) is 12.6. The number of aromatic nitrogens is 2. The van der Waals surface area contributed by atoms with E-state index in [1.807, 2.05) is 63.2 Å². The van der Waals surface area contributed by atoms with Gasteiger partial charge in [0.25, 0.3) is 0 Å². The Morgan fingerprint density at radius 1 is 0.810 bits per heavy atom. The zero-order valence-electron chi connectivity index (χ0n) is 25.1. The molecular formula is C32H39N5O5. The summed E-state index contributed by atoms with van der Waals surface area (Å²) in [7, 11) is 0. The Morgan fingerprint density at radius 3 is 2.02 bits per heavy atom. The summed E-state index contributed by atoms with van der Waals surface area (Å²) in [6.07, 6.45) is 2.32. The topological polar surface area (TPSA) is 114 Å². The predicted molar refractivity (Wildman–Crippen MR) is 162 cm³/mol. The lowest BCUT2D eigenvalue weighted by atomic mass is 9.98. The Balaban J connectivity index is 1.46. The number of benzene rings is 2. The van der Waals surface area contributed by atoms with Crippen LogP contribution in [0.3, 0.4) is 0 Å². The molecule has 0 unspecified atom stereocenters. The number of Topliss-reactive ketones (excluding diaryl/α,β-unsaturated/α-hetero) is 1. The van der Waals surface area contributed by atoms with Crippen molar-refractivity contribution in [1.82, 2.24) is 14.9 Å². The normalized spacial score (nSPS) is 13.9. The molecule has 1 fully saturated rings. The van der Waals surface area contributed by atoms with Crippen molar-refractivity contribution in [2.45, 2.75) is 59.2 Å². The molecule has 1 aromatic heterocycles. The number of ether oxygens (including phenoxy) is 2. The molecule has 1 saturated heterocycles. The first-order valence-corrected chi connectivity index (χ1v) is 14.0. The van der Waals surface area contributed by atoms with E-state index < -0.39 is 17.3 Å². The van der Waals surface area contributed by atoms with E-state index in [2.05, 4.69) is 20.2 Å². The van der Waals surface area contributed by atoms with Crippen molar-refractivity contribution >= 4 is 29.3 Å². The smallest absolute Gasteiger partial charge is 0.412 e. The maximum atomic E-state index is 13.3. The lowest BCUT2D eigenvalue weighted by Crippen LogP contribution is -2.50. The van der Waals surface area contributed by atoms with Crippen molar-refractivity contribution < 1.29 is 23.9 Å². The molecule has 10 nitrogen and oxygen atoms in total. The van der Waals surface area contributed by atoms with E-state index in [0.29, 0.717) is 37.4 Å². The van der Waals surface area contributed by atoms with E-state index in [-0.39, 0.29) is 24.1 Å². The fraction of sp³-hybridized carbons (Fsp3) is 0.406. The zero-order valence-corrected chi connectivity index (χ0v) is 25.1. The third-order valence-electron chi connectivity index (χ3n) is 6.38. The fourth-order valence-corrected chi connectivity index (χ4v) is 4.44. The quantitative estimate of drug-likeness (QED) is 0.359. The molecule has 0 spiro atoms. The van der Waals surface area contributed by atoms with Gasteiger partial charge >= 0.3 is 12.2 Å². The summed E-state index contributed by atoms with van der Waals surface area (Å²) in [5, 5.41) is 2.78. The molecule has 1 aliphatic heterocycles. The minimum Gasteiger partial charge on any atom is -0.444 e. The number of hydrogen-bond donors (Lipinski definition) is 1. The first-order valence-electron chi connectivity index (χ1n) is 14.0. The van der Waals surface area contributed by atoms with E-state index in [4.69, 9.17) is 9.47 Å². The number of piperazine rings is 1. The van der Waals surface area contributed by atoms with Crippen LogP contribution in [0.4, 0.5) is 21.0 Å². The molecule has 1 aliphatic rings. The van der Waals surface area contributed by atoms with Gasteiger partial charge in [-0.05, 0) is 70.4 Å². The van der Waals surface area contributed by atoms with Crippen LogP contribution in [-0.4, -0.2) is 70.2 Å². The zero-order chi connectivity index (χ0) is 30.5. The number of rotatable bonds is 6. The molecule has 0 saturated carbocycles. The highest BCUT2D eigenvalue weighted by Gasteiger charge is 2.26. The second-order valence-corrected chi connectivity index (χ2v) is 12.2. The molecule has 4 rings (SSSR count). The van der Waals surface area contributed by atoms with Crippen LogP contribution >= 0.6 is 0 Å². The summed E-state index contributed by atoms with van der Waals surface area (Å²) in [6.45, 7) is 13.1. The van der Waals surface area contributed by atoms with Gasteiger partial charge in [-0.3, -0.25) is 10.1 Å². The number of amides is 2. The van der Waals surface area contributed by atoms with Crippen molar-refractivity contribution in [3.63, 3.8) is 0 Å². The molecular weight excluding hydrogens is 534 g/mol. The minimum atomic E-state index is -0.665. The average Bonchev–Trinajstić information content (AvgIpc) is 2.92. The summed E-state index contributed by atoms with van der Waals surface area (Å²) in [6, 6.07) is 15.3. The Morgan fingerprint density at radius 2 is 1.43 bits per heavy atom. The number of carbonyl (C=O) groups excluding carboxylic acids is 3. The molecule has 1 N–H and O–H groups in total. The first-order chi connectivity index (χ1) is 19.8. The van der Waals surface area contributed by atoms with Gasteiger partial charge in [-0.2, -0.15) is 0 Å². The van der Waals surface area contributed by atoms with Gasteiger partial charge in [-0.1, -0.05) is 36.4 Å². The van der Waals surface area contributed by atoms with E-state index in [1.165, 1.54) is 0 Å². The number of hydrogen-bond acceptors (Lipinski definition) is 8. The maximum absolute atomic E-state index is 13.3. The van der Waals surface area contributed by atoms with Gasteiger partial charge in [0.05, 0.1) is 18.1 Å². The molecule has 0 aliphatic carbocycles. The van der Waals surface area contributed by atoms with Crippen molar-refractivity contribution in [2.75, 3.05) is 36.4 Å². The highest BCUT2D eigenvalue weighted by Crippen LogP contribution is 2.27. The van der Waals surface area contributed by atoms with Crippen LogP contribution in [0.25, 0.3) is 11.1 Å². The molecule has 0 bridgehead atoms. The number of ketones is 1. The SMILES string of the molecule is CC(C)(C)OC(=O)Nc1ccc(-c2ccccc2)cc1CC(=O)c1ncc(N2CCN(C(=O)OC(C)(C)C)CC2)cn1. The third-order valence-corrected chi connectivity index (χ3v) is 6.38. The summed E-state index contributed by atoms with van der Waals surface area (Å²) < 4.78 is 10.9. The molecule has 2 heterocycles. The van der Waals surface area contributed by atoms with E-state index in [0.717, 1.165) is 16.8 Å². The maximum Gasteiger partial charge on any atom is 0.412 e. The van der Waals surface area contributed by atoms with Crippen LogP contribution in [-0.2, 0) is 15.9 Å². The Bertz CT molecular complexity index is 1400. The molecule has 0 radical (unpaired) electrons. The largest absolute Gasteiger partial charge is 0.444 e. The van der Waals surface area contributed by atoms with E-state index in [9.17, 15) is 14.4 Å². The van der Waals surface area contributed by atoms with E-state index in [1.54, 1.807) is 44.1 Å². The Labute approximate surface area is 247 Å². The minimum absolute atomic E-state index is 0.0142. The lowest BCUT2D eigenvalue weighted by molar-refractivity contribution is 0.0240. The predicted octanol–water partition coefficient (Wildman–Crippen LogP) is 5.97. The molecule has 3 aromatic rings. The molecule has 42 heavy (non-hydrogen) atoms. The van der Waals surface area contributed by atoms with Crippen LogP contribution < -0.4 is 10.2 Å². The summed E-state index contributed by atoms with van der Waals surface area (Å²) >= 11 is 0. The molecule has 2 amide bonds. The molecule has 0 atom stereocenters. The summed E-state index contributed by atoms with van der Waals surface area (Å²) in [5.41, 5.74) is 2.57. The molecule has 10 heteroatoms. The monoisotopic (exact) mass is 573 g/mol. The van der Waals surface area contributed by atoms with Gasteiger partial charge in [0.15, 0.2) is 5.82 Å². The van der Waals surface area contributed by atoms with Crippen LogP contribution in [0.1, 0.15) is 57.7 Å². The highest BCUT2D eigenvalue weighted by molar-refractivity contribution is 5.96. The fourth-order valence-electron chi connectivity index (χ4n) is 4.44. The number of nitrogens with zero attached hydrogens (tertiary/aromatic N) is 4. The number of nitrogens with one attached hydrogen (secondary N) is 1. The van der Waals surface area contributed by atoms with Crippen LogP contribution in [0.5, 0.6) is 0 Å².